The molecule has 0 atom stereocenters. The fourth-order valence-electron chi connectivity index (χ4n) is 0.564. The maximum atomic E-state index is 2.38. The highest BCUT2D eigenvalue weighted by molar-refractivity contribution is 7.98. The first-order chi connectivity index (χ1) is 4.48. The van der Waals surface area contributed by atoms with Gasteiger partial charge in [-0.2, -0.15) is 11.8 Å². The van der Waals surface area contributed by atoms with E-state index in [1.807, 2.05) is 11.8 Å². The molecule has 0 radical (unpaired) electrons. The van der Waals surface area contributed by atoms with E-state index in [-0.39, 0.29) is 0 Å². The van der Waals surface area contributed by atoms with Crippen molar-refractivity contribution in [3.05, 3.63) is 0 Å². The molecule has 0 amide bonds. The van der Waals surface area contributed by atoms with Crippen molar-refractivity contribution < 1.29 is 0 Å². The monoisotopic (exact) mass is 161 g/mol. The standard InChI is InChI=1S/C8H19NS/c1-8(2,3)9(4)6-7-10-5/h6-7H2,1-5H3. The average molecular weight is 161 g/mol. The number of hydrogen-bond donors (Lipinski definition) is 0. The van der Waals surface area contributed by atoms with Crippen molar-refractivity contribution in [3.8, 4) is 0 Å². The molecule has 0 saturated carbocycles. The summed E-state index contributed by atoms with van der Waals surface area (Å²) in [4.78, 5) is 2.38. The van der Waals surface area contributed by atoms with Crippen LogP contribution in [-0.2, 0) is 0 Å². The maximum absolute atomic E-state index is 2.38. The third kappa shape index (κ3) is 4.18. The summed E-state index contributed by atoms with van der Waals surface area (Å²) in [5.74, 6) is 1.23. The first kappa shape index (κ1) is 10.3. The van der Waals surface area contributed by atoms with Crippen LogP contribution >= 0.6 is 11.8 Å². The minimum atomic E-state index is 0.329. The van der Waals surface area contributed by atoms with Crippen LogP contribution in [0.3, 0.4) is 0 Å². The van der Waals surface area contributed by atoms with Gasteiger partial charge in [0.2, 0.25) is 0 Å². The second kappa shape index (κ2) is 4.24. The third-order valence-electron chi connectivity index (χ3n) is 1.78. The van der Waals surface area contributed by atoms with E-state index in [4.69, 9.17) is 0 Å². The van der Waals surface area contributed by atoms with Gasteiger partial charge in [-0.15, -0.1) is 0 Å². The van der Waals surface area contributed by atoms with Crippen molar-refractivity contribution in [3.63, 3.8) is 0 Å². The molecule has 1 nitrogen and oxygen atoms in total. The molecular formula is C8H19NS. The smallest absolute Gasteiger partial charge is 0.0122 e. The molecule has 0 aromatic carbocycles. The van der Waals surface area contributed by atoms with Gasteiger partial charge in [0, 0.05) is 17.8 Å². The van der Waals surface area contributed by atoms with Crippen LogP contribution in [0.25, 0.3) is 0 Å². The van der Waals surface area contributed by atoms with Crippen LogP contribution in [0.1, 0.15) is 20.8 Å². The summed E-state index contributed by atoms with van der Waals surface area (Å²) in [5, 5.41) is 0. The summed E-state index contributed by atoms with van der Waals surface area (Å²) in [6, 6.07) is 0. The highest BCUT2D eigenvalue weighted by Crippen LogP contribution is 2.10. The molecule has 0 bridgehead atoms. The molecule has 0 spiro atoms. The van der Waals surface area contributed by atoms with Crippen molar-refractivity contribution in [2.45, 2.75) is 26.3 Å². The number of nitrogens with zero attached hydrogens (tertiary/aromatic N) is 1. The van der Waals surface area contributed by atoms with Crippen molar-refractivity contribution in [1.29, 1.82) is 0 Å². The lowest BCUT2D eigenvalue weighted by Gasteiger charge is -2.31. The van der Waals surface area contributed by atoms with Gasteiger partial charge in [-0.3, -0.25) is 0 Å². The van der Waals surface area contributed by atoms with Crippen molar-refractivity contribution in [2.24, 2.45) is 0 Å². The Hall–Kier alpha value is 0.310. The molecule has 0 aromatic rings. The molecule has 0 heterocycles. The van der Waals surface area contributed by atoms with Crippen LogP contribution in [0, 0.1) is 0 Å². The molecule has 2 heteroatoms. The lowest BCUT2D eigenvalue weighted by atomic mass is 10.1. The number of thioether (sulfide) groups is 1. The van der Waals surface area contributed by atoms with Gasteiger partial charge in [-0.1, -0.05) is 0 Å². The largest absolute Gasteiger partial charge is 0.301 e. The fraction of sp³-hybridized carbons (Fsp3) is 1.00. The Balaban J connectivity index is 3.52. The van der Waals surface area contributed by atoms with Crippen LogP contribution in [0.5, 0.6) is 0 Å². The highest BCUT2D eigenvalue weighted by Gasteiger charge is 2.15. The SMILES string of the molecule is CSCCN(C)C(C)(C)C. The molecule has 0 aromatic heterocycles. The molecule has 0 aliphatic heterocycles. The Kier molecular flexibility index (Phi) is 4.37. The van der Waals surface area contributed by atoms with E-state index in [0.29, 0.717) is 5.54 Å². The predicted octanol–water partition coefficient (Wildman–Crippen LogP) is 2.08. The Morgan fingerprint density at radius 3 is 2.10 bits per heavy atom. The first-order valence-electron chi connectivity index (χ1n) is 3.68. The summed E-state index contributed by atoms with van der Waals surface area (Å²) in [6.07, 6.45) is 2.15. The second-order valence-electron chi connectivity index (χ2n) is 3.59. The minimum Gasteiger partial charge on any atom is -0.301 e. The molecule has 0 aliphatic rings. The second-order valence-corrected chi connectivity index (χ2v) is 4.57. The fourth-order valence-corrected chi connectivity index (χ4v) is 1.02. The van der Waals surface area contributed by atoms with Crippen LogP contribution < -0.4 is 0 Å². The topological polar surface area (TPSA) is 3.24 Å². The zero-order valence-corrected chi connectivity index (χ0v) is 8.59. The van der Waals surface area contributed by atoms with Crippen molar-refractivity contribution >= 4 is 11.8 Å². The summed E-state index contributed by atoms with van der Waals surface area (Å²) >= 11 is 1.90. The van der Waals surface area contributed by atoms with Gasteiger partial charge >= 0.3 is 0 Å². The molecule has 0 rings (SSSR count). The van der Waals surface area contributed by atoms with E-state index >= 15 is 0 Å². The average Bonchev–Trinajstić information content (AvgIpc) is 1.80. The molecule has 62 valence electrons. The molecule has 0 N–H and O–H groups in total. The van der Waals surface area contributed by atoms with Gasteiger partial charge in [0.1, 0.15) is 0 Å². The van der Waals surface area contributed by atoms with Crippen LogP contribution in [0.4, 0.5) is 0 Å². The summed E-state index contributed by atoms with van der Waals surface area (Å²) in [7, 11) is 2.18. The Morgan fingerprint density at radius 2 is 1.80 bits per heavy atom. The molecule has 10 heavy (non-hydrogen) atoms. The molecule has 0 unspecified atom stereocenters. The van der Waals surface area contributed by atoms with Gasteiger partial charge in [0.25, 0.3) is 0 Å². The Labute approximate surface area is 69.2 Å². The molecule has 0 fully saturated rings. The van der Waals surface area contributed by atoms with E-state index in [1.165, 1.54) is 12.3 Å². The lowest BCUT2D eigenvalue weighted by Crippen LogP contribution is -2.39. The zero-order chi connectivity index (χ0) is 8.20. The third-order valence-corrected chi connectivity index (χ3v) is 2.37. The lowest BCUT2D eigenvalue weighted by molar-refractivity contribution is 0.187. The predicted molar refractivity (Wildman–Crippen MR) is 50.8 cm³/mol. The Bertz CT molecular complexity index is 85.7. The van der Waals surface area contributed by atoms with Crippen molar-refractivity contribution in [1.82, 2.24) is 4.90 Å². The van der Waals surface area contributed by atoms with Crippen LogP contribution in [0.15, 0.2) is 0 Å². The van der Waals surface area contributed by atoms with Crippen LogP contribution in [-0.4, -0.2) is 36.0 Å². The van der Waals surface area contributed by atoms with Gasteiger partial charge in [-0.25, -0.2) is 0 Å². The minimum absolute atomic E-state index is 0.329. The number of rotatable bonds is 3. The van der Waals surface area contributed by atoms with Gasteiger partial charge in [0.05, 0.1) is 0 Å². The molecular weight excluding hydrogens is 142 g/mol. The van der Waals surface area contributed by atoms with Gasteiger partial charge in [0.15, 0.2) is 0 Å². The normalized spacial score (nSPS) is 12.6. The molecule has 0 aliphatic carbocycles. The van der Waals surface area contributed by atoms with Crippen molar-refractivity contribution in [2.75, 3.05) is 25.6 Å². The van der Waals surface area contributed by atoms with E-state index in [0.717, 1.165) is 0 Å². The summed E-state index contributed by atoms with van der Waals surface area (Å²) in [5.41, 5.74) is 0.329. The van der Waals surface area contributed by atoms with E-state index < -0.39 is 0 Å². The first-order valence-corrected chi connectivity index (χ1v) is 5.08. The van der Waals surface area contributed by atoms with E-state index in [1.54, 1.807) is 0 Å². The summed E-state index contributed by atoms with van der Waals surface area (Å²) < 4.78 is 0. The van der Waals surface area contributed by atoms with Crippen LogP contribution in [0.2, 0.25) is 0 Å². The summed E-state index contributed by atoms with van der Waals surface area (Å²) in [6.45, 7) is 7.92. The molecule has 0 saturated heterocycles. The highest BCUT2D eigenvalue weighted by atomic mass is 32.2. The van der Waals surface area contributed by atoms with Gasteiger partial charge in [-0.05, 0) is 34.1 Å². The quantitative estimate of drug-likeness (QED) is 0.623. The zero-order valence-electron chi connectivity index (χ0n) is 7.77. The number of hydrogen-bond acceptors (Lipinski definition) is 2. The van der Waals surface area contributed by atoms with Gasteiger partial charge < -0.3 is 4.90 Å². The van der Waals surface area contributed by atoms with E-state index in [9.17, 15) is 0 Å². The van der Waals surface area contributed by atoms with E-state index in [2.05, 4.69) is 39.0 Å². The Morgan fingerprint density at radius 1 is 1.30 bits per heavy atom. The maximum Gasteiger partial charge on any atom is 0.0122 e.